The van der Waals surface area contributed by atoms with E-state index >= 15 is 0 Å². The minimum Gasteiger partial charge on any atom is -0.226 e. The zero-order chi connectivity index (χ0) is 10.8. The van der Waals surface area contributed by atoms with Crippen molar-refractivity contribution in [2.75, 3.05) is 6.26 Å². The molecule has 0 saturated heterocycles. The molecule has 1 heterocycles. The van der Waals surface area contributed by atoms with E-state index < -0.39 is 9.84 Å². The topological polar surface area (TPSA) is 59.9 Å². The second-order valence-electron chi connectivity index (χ2n) is 2.99. The van der Waals surface area contributed by atoms with E-state index in [0.29, 0.717) is 0 Å². The van der Waals surface area contributed by atoms with Gasteiger partial charge in [0.25, 0.3) is 0 Å². The predicted molar refractivity (Wildman–Crippen MR) is 54.1 cm³/mol. The summed E-state index contributed by atoms with van der Waals surface area (Å²) in [6, 6.07) is 0. The summed E-state index contributed by atoms with van der Waals surface area (Å²) < 4.78 is 22.1. The fourth-order valence-electron chi connectivity index (χ4n) is 0.987. The lowest BCUT2D eigenvalue weighted by Gasteiger charge is -2.02. The van der Waals surface area contributed by atoms with Crippen molar-refractivity contribution in [3.05, 3.63) is 16.9 Å². The molecule has 0 aromatic carbocycles. The van der Waals surface area contributed by atoms with Gasteiger partial charge in [0.15, 0.2) is 0 Å². The van der Waals surface area contributed by atoms with Crippen LogP contribution in [0.4, 0.5) is 0 Å². The third-order valence-electron chi connectivity index (χ3n) is 1.64. The third-order valence-corrected chi connectivity index (χ3v) is 2.83. The van der Waals surface area contributed by atoms with Crippen LogP contribution in [0.5, 0.6) is 0 Å². The Balaban J connectivity index is 3.13. The molecule has 0 radical (unpaired) electrons. The molecular weight excluding hydrogens is 224 g/mol. The van der Waals surface area contributed by atoms with Crippen LogP contribution in [0.1, 0.15) is 18.9 Å². The Hall–Kier alpha value is -0.680. The van der Waals surface area contributed by atoms with E-state index in [4.69, 9.17) is 11.6 Å². The van der Waals surface area contributed by atoms with Crippen molar-refractivity contribution < 1.29 is 8.42 Å². The van der Waals surface area contributed by atoms with Crippen molar-refractivity contribution in [1.29, 1.82) is 0 Å². The van der Waals surface area contributed by atoms with Crippen molar-refractivity contribution in [3.8, 4) is 0 Å². The summed E-state index contributed by atoms with van der Waals surface area (Å²) in [5.74, 6) is 0. The number of nitrogens with zero attached hydrogens (tertiary/aromatic N) is 2. The molecule has 0 aliphatic rings. The molecule has 1 rings (SSSR count). The molecule has 14 heavy (non-hydrogen) atoms. The first kappa shape index (κ1) is 11.4. The van der Waals surface area contributed by atoms with E-state index in [1.807, 2.05) is 6.92 Å². The molecule has 1 aromatic heterocycles. The Morgan fingerprint density at radius 3 is 2.57 bits per heavy atom. The Bertz CT molecular complexity index is 431. The van der Waals surface area contributed by atoms with Crippen molar-refractivity contribution in [2.45, 2.75) is 24.9 Å². The van der Waals surface area contributed by atoms with Gasteiger partial charge in [-0.15, -0.1) is 0 Å². The number of aryl methyl sites for hydroxylation is 1. The fraction of sp³-hybridized carbons (Fsp3) is 0.500. The molecule has 0 saturated carbocycles. The molecule has 4 nitrogen and oxygen atoms in total. The van der Waals surface area contributed by atoms with Gasteiger partial charge >= 0.3 is 0 Å². The molecule has 78 valence electrons. The molecule has 0 bridgehead atoms. The summed E-state index contributed by atoms with van der Waals surface area (Å²) in [6.07, 6.45) is 4.19. The first-order chi connectivity index (χ1) is 6.45. The maximum absolute atomic E-state index is 11.1. The number of hydrogen-bond acceptors (Lipinski definition) is 4. The lowest BCUT2D eigenvalue weighted by molar-refractivity contribution is 0.592. The maximum Gasteiger partial charge on any atom is 0.248 e. The monoisotopic (exact) mass is 234 g/mol. The highest BCUT2D eigenvalue weighted by atomic mass is 35.5. The number of aromatic nitrogens is 2. The molecular formula is C8H11ClN2O2S. The first-order valence-corrected chi connectivity index (χ1v) is 6.43. The second-order valence-corrected chi connectivity index (χ2v) is 5.26. The van der Waals surface area contributed by atoms with Crippen molar-refractivity contribution >= 4 is 21.4 Å². The lowest BCUT2D eigenvalue weighted by atomic mass is 10.2. The van der Waals surface area contributed by atoms with Gasteiger partial charge in [-0.2, -0.15) is 0 Å². The Labute approximate surface area is 88.3 Å². The number of rotatable bonds is 3. The van der Waals surface area contributed by atoms with Gasteiger partial charge < -0.3 is 0 Å². The molecule has 0 aliphatic carbocycles. The third kappa shape index (κ3) is 2.65. The Morgan fingerprint density at radius 1 is 1.50 bits per heavy atom. The summed E-state index contributed by atoms with van der Waals surface area (Å²) in [6.45, 7) is 2.00. The molecule has 0 amide bonds. The van der Waals surface area contributed by atoms with Gasteiger partial charge in [0, 0.05) is 18.0 Å². The van der Waals surface area contributed by atoms with Gasteiger partial charge in [0.1, 0.15) is 5.15 Å². The van der Waals surface area contributed by atoms with E-state index in [2.05, 4.69) is 9.97 Å². The standard InChI is InChI=1S/C8H11ClN2O2S/c1-3-4-6-5-10-8(11-7(6)9)14(2,12)13/h5H,3-4H2,1-2H3. The highest BCUT2D eigenvalue weighted by Crippen LogP contribution is 2.15. The number of hydrogen-bond donors (Lipinski definition) is 0. The molecule has 0 fully saturated rings. The molecule has 1 aromatic rings. The van der Waals surface area contributed by atoms with Gasteiger partial charge in [-0.3, -0.25) is 0 Å². The average Bonchev–Trinajstić information content (AvgIpc) is 2.07. The molecule has 6 heteroatoms. The smallest absolute Gasteiger partial charge is 0.226 e. The van der Waals surface area contributed by atoms with Crippen LogP contribution in [0.15, 0.2) is 11.4 Å². The highest BCUT2D eigenvalue weighted by Gasteiger charge is 2.12. The van der Waals surface area contributed by atoms with E-state index in [1.54, 1.807) is 0 Å². The summed E-state index contributed by atoms with van der Waals surface area (Å²) in [7, 11) is -3.36. The van der Waals surface area contributed by atoms with Crippen molar-refractivity contribution in [1.82, 2.24) is 9.97 Å². The van der Waals surface area contributed by atoms with E-state index in [-0.39, 0.29) is 10.3 Å². The van der Waals surface area contributed by atoms with E-state index in [9.17, 15) is 8.42 Å². The van der Waals surface area contributed by atoms with Crippen LogP contribution in [0, 0.1) is 0 Å². The zero-order valence-electron chi connectivity index (χ0n) is 7.99. The average molecular weight is 235 g/mol. The van der Waals surface area contributed by atoms with Gasteiger partial charge in [-0.05, 0) is 6.42 Å². The predicted octanol–water partition coefficient (Wildman–Crippen LogP) is 1.49. The fourth-order valence-corrected chi connectivity index (χ4v) is 1.76. The van der Waals surface area contributed by atoms with Crippen LogP contribution in [0.3, 0.4) is 0 Å². The summed E-state index contributed by atoms with van der Waals surface area (Å²) in [4.78, 5) is 7.48. The van der Waals surface area contributed by atoms with Crippen LogP contribution in [0.25, 0.3) is 0 Å². The number of halogens is 1. The zero-order valence-corrected chi connectivity index (χ0v) is 9.56. The van der Waals surface area contributed by atoms with Crippen LogP contribution < -0.4 is 0 Å². The summed E-state index contributed by atoms with van der Waals surface area (Å²) in [5.41, 5.74) is 0.779. The first-order valence-electron chi connectivity index (χ1n) is 4.16. The maximum atomic E-state index is 11.1. The largest absolute Gasteiger partial charge is 0.248 e. The van der Waals surface area contributed by atoms with Crippen LogP contribution in [-0.2, 0) is 16.3 Å². The number of sulfone groups is 1. The minimum atomic E-state index is -3.36. The normalized spacial score (nSPS) is 11.6. The molecule has 0 unspecified atom stereocenters. The Kier molecular flexibility index (Phi) is 3.44. The van der Waals surface area contributed by atoms with Gasteiger partial charge in [-0.25, -0.2) is 18.4 Å². The van der Waals surface area contributed by atoms with Crippen LogP contribution in [-0.4, -0.2) is 24.6 Å². The minimum absolute atomic E-state index is 0.220. The molecule has 0 atom stereocenters. The summed E-state index contributed by atoms with van der Waals surface area (Å²) >= 11 is 5.80. The van der Waals surface area contributed by atoms with Gasteiger partial charge in [-0.1, -0.05) is 24.9 Å². The molecule has 0 N–H and O–H groups in total. The lowest BCUT2D eigenvalue weighted by Crippen LogP contribution is -2.05. The second kappa shape index (κ2) is 4.23. The van der Waals surface area contributed by atoms with Gasteiger partial charge in [0.05, 0.1) is 0 Å². The van der Waals surface area contributed by atoms with Crippen LogP contribution >= 0.6 is 11.6 Å². The Morgan fingerprint density at radius 2 is 2.14 bits per heavy atom. The molecule has 0 aliphatic heterocycles. The van der Waals surface area contributed by atoms with Crippen molar-refractivity contribution in [2.24, 2.45) is 0 Å². The van der Waals surface area contributed by atoms with E-state index in [1.165, 1.54) is 6.20 Å². The quantitative estimate of drug-likeness (QED) is 0.587. The van der Waals surface area contributed by atoms with Gasteiger partial charge in [0.2, 0.25) is 15.0 Å². The van der Waals surface area contributed by atoms with E-state index in [0.717, 1.165) is 24.7 Å². The van der Waals surface area contributed by atoms with Crippen LogP contribution in [0.2, 0.25) is 5.15 Å². The molecule has 0 spiro atoms. The van der Waals surface area contributed by atoms with Crippen molar-refractivity contribution in [3.63, 3.8) is 0 Å². The highest BCUT2D eigenvalue weighted by molar-refractivity contribution is 7.90. The summed E-state index contributed by atoms with van der Waals surface area (Å²) in [5, 5.41) is 0.00429. The SMILES string of the molecule is CCCc1cnc(S(C)(=O)=O)nc1Cl.